The lowest BCUT2D eigenvalue weighted by molar-refractivity contribution is 0.0154. The number of urea groups is 1. The Bertz CT molecular complexity index is 1050. The highest BCUT2D eigenvalue weighted by Gasteiger charge is 2.27. The molecular formula is C23H27ClN2O4S. The summed E-state index contributed by atoms with van der Waals surface area (Å²) in [6.45, 7) is 0.653. The highest BCUT2D eigenvalue weighted by Crippen LogP contribution is 2.36. The van der Waals surface area contributed by atoms with Crippen LogP contribution in [0.15, 0.2) is 47.4 Å². The van der Waals surface area contributed by atoms with Crippen molar-refractivity contribution in [3.05, 3.63) is 53.1 Å². The molecule has 166 valence electrons. The maximum absolute atomic E-state index is 12.8. The van der Waals surface area contributed by atoms with Gasteiger partial charge in [-0.3, -0.25) is 0 Å². The van der Waals surface area contributed by atoms with E-state index in [4.69, 9.17) is 16.3 Å². The smallest absolute Gasteiger partial charge is 0.323 e. The molecule has 0 bridgehead atoms. The fourth-order valence-corrected chi connectivity index (χ4v) is 5.44. The average Bonchev–Trinajstić information content (AvgIpc) is 3.57. The fraction of sp³-hybridized carbons (Fsp3) is 0.435. The molecule has 0 radical (unpaired) electrons. The average molecular weight is 463 g/mol. The quantitative estimate of drug-likeness (QED) is 0.544. The van der Waals surface area contributed by atoms with Crippen LogP contribution in [0.3, 0.4) is 0 Å². The number of halogens is 1. The zero-order valence-corrected chi connectivity index (χ0v) is 18.8. The number of sulfone groups is 1. The number of hydrogen-bond acceptors (Lipinski definition) is 4. The monoisotopic (exact) mass is 462 g/mol. The van der Waals surface area contributed by atoms with Gasteiger partial charge in [0.25, 0.3) is 0 Å². The molecule has 2 amide bonds. The minimum atomic E-state index is -3.42. The fourth-order valence-electron chi connectivity index (χ4n) is 3.80. The summed E-state index contributed by atoms with van der Waals surface area (Å²) < 4.78 is 31.6. The first-order chi connectivity index (χ1) is 14.9. The molecule has 2 aromatic carbocycles. The molecule has 6 nitrogen and oxygen atoms in total. The largest absolute Gasteiger partial charge is 0.373 e. The first-order valence-corrected chi connectivity index (χ1v) is 12.8. The summed E-state index contributed by atoms with van der Waals surface area (Å²) in [6.07, 6.45) is 5.61. The number of nitrogens with one attached hydrogen (secondary N) is 2. The predicted molar refractivity (Wildman–Crippen MR) is 122 cm³/mol. The van der Waals surface area contributed by atoms with Crippen LogP contribution in [0, 0.1) is 5.92 Å². The molecule has 0 spiro atoms. The Kier molecular flexibility index (Phi) is 6.84. The van der Waals surface area contributed by atoms with Gasteiger partial charge >= 0.3 is 6.03 Å². The summed E-state index contributed by atoms with van der Waals surface area (Å²) in [5.74, 6) is 0.663. The van der Waals surface area contributed by atoms with E-state index in [2.05, 4.69) is 10.6 Å². The van der Waals surface area contributed by atoms with Crippen molar-refractivity contribution in [2.75, 3.05) is 23.0 Å². The molecule has 4 rings (SSSR count). The lowest BCUT2D eigenvalue weighted by Crippen LogP contribution is -2.22. The lowest BCUT2D eigenvalue weighted by atomic mass is 10.00. The number of benzene rings is 2. The Balaban J connectivity index is 1.57. The van der Waals surface area contributed by atoms with Gasteiger partial charge in [0.05, 0.1) is 16.8 Å². The molecule has 1 saturated heterocycles. The van der Waals surface area contributed by atoms with Crippen molar-refractivity contribution in [1.29, 1.82) is 0 Å². The Morgan fingerprint density at radius 2 is 1.90 bits per heavy atom. The molecule has 1 aliphatic carbocycles. The summed E-state index contributed by atoms with van der Waals surface area (Å²) in [4.78, 5) is 12.9. The van der Waals surface area contributed by atoms with E-state index in [0.717, 1.165) is 37.7 Å². The van der Waals surface area contributed by atoms with E-state index in [-0.39, 0.29) is 16.8 Å². The van der Waals surface area contributed by atoms with Gasteiger partial charge in [0.15, 0.2) is 9.84 Å². The first kappa shape index (κ1) is 22.1. The van der Waals surface area contributed by atoms with Crippen LogP contribution in [0.4, 0.5) is 16.2 Å². The van der Waals surface area contributed by atoms with Crippen molar-refractivity contribution in [3.63, 3.8) is 0 Å². The first-order valence-electron chi connectivity index (χ1n) is 10.7. The maximum atomic E-state index is 12.8. The van der Waals surface area contributed by atoms with Gasteiger partial charge in [-0.1, -0.05) is 36.6 Å². The topological polar surface area (TPSA) is 84.5 Å². The number of ether oxygens (including phenoxy) is 1. The van der Waals surface area contributed by atoms with Crippen LogP contribution < -0.4 is 10.6 Å². The van der Waals surface area contributed by atoms with E-state index >= 15 is 0 Å². The van der Waals surface area contributed by atoms with Crippen molar-refractivity contribution >= 4 is 38.8 Å². The molecule has 0 aromatic heterocycles. The van der Waals surface area contributed by atoms with E-state index in [0.29, 0.717) is 35.3 Å². The normalized spacial score (nSPS) is 19.1. The molecule has 1 atom stereocenters. The van der Waals surface area contributed by atoms with Gasteiger partial charge < -0.3 is 15.4 Å². The standard InChI is InChI=1S/C23H27ClN2O4S/c24-17-4-3-5-18(14-17)25-23(27)26-21-15-19(31(28,29)13-11-16-7-8-16)9-10-20(21)22-6-1-2-12-30-22/h3-5,9-10,14-16,22H,1-2,6-8,11-13H2,(H2,25,26,27). The number of amides is 2. The minimum Gasteiger partial charge on any atom is -0.373 e. The summed E-state index contributed by atoms with van der Waals surface area (Å²) in [5.41, 5.74) is 1.80. The van der Waals surface area contributed by atoms with Crippen molar-refractivity contribution < 1.29 is 17.9 Å². The van der Waals surface area contributed by atoms with Gasteiger partial charge in [-0.05, 0) is 61.9 Å². The number of carbonyl (C=O) groups is 1. The molecule has 1 heterocycles. The molecule has 2 aliphatic rings. The Labute approximate surface area is 188 Å². The number of carbonyl (C=O) groups excluding carboxylic acids is 1. The van der Waals surface area contributed by atoms with E-state index < -0.39 is 15.9 Å². The molecule has 1 aliphatic heterocycles. The van der Waals surface area contributed by atoms with Crippen molar-refractivity contribution in [3.8, 4) is 0 Å². The molecule has 1 saturated carbocycles. The Hall–Kier alpha value is -2.09. The lowest BCUT2D eigenvalue weighted by Gasteiger charge is -2.25. The summed E-state index contributed by atoms with van der Waals surface area (Å²) in [7, 11) is -3.42. The molecular weight excluding hydrogens is 436 g/mol. The van der Waals surface area contributed by atoms with E-state index in [1.54, 1.807) is 42.5 Å². The summed E-state index contributed by atoms with van der Waals surface area (Å²) in [5, 5.41) is 6.08. The second-order valence-electron chi connectivity index (χ2n) is 8.24. The van der Waals surface area contributed by atoms with Gasteiger partial charge in [-0.2, -0.15) is 0 Å². The zero-order valence-electron chi connectivity index (χ0n) is 17.3. The predicted octanol–water partition coefficient (Wildman–Crippen LogP) is 5.80. The molecule has 1 unspecified atom stereocenters. The van der Waals surface area contributed by atoms with Gasteiger partial charge in [0.1, 0.15) is 0 Å². The maximum Gasteiger partial charge on any atom is 0.323 e. The third-order valence-corrected chi connectivity index (χ3v) is 7.71. The summed E-state index contributed by atoms with van der Waals surface area (Å²) >= 11 is 5.99. The van der Waals surface area contributed by atoms with Crippen LogP contribution in [0.25, 0.3) is 0 Å². The second-order valence-corrected chi connectivity index (χ2v) is 10.8. The van der Waals surface area contributed by atoms with Crippen LogP contribution in [0.2, 0.25) is 5.02 Å². The molecule has 2 aromatic rings. The highest BCUT2D eigenvalue weighted by atomic mass is 35.5. The molecule has 2 fully saturated rings. The van der Waals surface area contributed by atoms with Crippen LogP contribution in [-0.2, 0) is 14.6 Å². The van der Waals surface area contributed by atoms with Crippen LogP contribution in [0.5, 0.6) is 0 Å². The highest BCUT2D eigenvalue weighted by molar-refractivity contribution is 7.91. The van der Waals surface area contributed by atoms with E-state index in [1.165, 1.54) is 0 Å². The van der Waals surface area contributed by atoms with Gasteiger partial charge in [-0.15, -0.1) is 0 Å². The third-order valence-electron chi connectivity index (χ3n) is 5.73. The van der Waals surface area contributed by atoms with Crippen molar-refractivity contribution in [2.45, 2.75) is 49.5 Å². The van der Waals surface area contributed by atoms with E-state index in [9.17, 15) is 13.2 Å². The third kappa shape index (κ3) is 5.99. The number of rotatable bonds is 7. The Morgan fingerprint density at radius 3 is 2.61 bits per heavy atom. The van der Waals surface area contributed by atoms with Crippen LogP contribution >= 0.6 is 11.6 Å². The molecule has 2 N–H and O–H groups in total. The van der Waals surface area contributed by atoms with Gasteiger partial charge in [0.2, 0.25) is 0 Å². The zero-order chi connectivity index (χ0) is 21.8. The van der Waals surface area contributed by atoms with Crippen LogP contribution in [0.1, 0.15) is 50.2 Å². The van der Waals surface area contributed by atoms with Crippen molar-refractivity contribution in [2.24, 2.45) is 5.92 Å². The van der Waals surface area contributed by atoms with Crippen LogP contribution in [-0.4, -0.2) is 26.8 Å². The molecule has 8 heteroatoms. The second kappa shape index (κ2) is 9.59. The van der Waals surface area contributed by atoms with E-state index in [1.807, 2.05) is 0 Å². The minimum absolute atomic E-state index is 0.130. The number of hydrogen-bond donors (Lipinski definition) is 2. The number of anilines is 2. The van der Waals surface area contributed by atoms with Crippen molar-refractivity contribution in [1.82, 2.24) is 0 Å². The molecule has 31 heavy (non-hydrogen) atoms. The van der Waals surface area contributed by atoms with Gasteiger partial charge in [-0.25, -0.2) is 13.2 Å². The Morgan fingerprint density at radius 1 is 1.06 bits per heavy atom. The van der Waals surface area contributed by atoms with Gasteiger partial charge in [0, 0.05) is 28.6 Å². The SMILES string of the molecule is O=C(Nc1cccc(Cl)c1)Nc1cc(S(=O)(=O)CCC2CC2)ccc1C1CCCCO1. The summed E-state index contributed by atoms with van der Waals surface area (Å²) in [6, 6.07) is 11.3.